The predicted octanol–water partition coefficient (Wildman–Crippen LogP) is 8.86. The Hall–Kier alpha value is -4.14. The van der Waals surface area contributed by atoms with Crippen molar-refractivity contribution in [2.45, 2.75) is 38.5 Å². The van der Waals surface area contributed by atoms with Gasteiger partial charge in [0.2, 0.25) is 0 Å². The molecule has 0 aliphatic carbocycles. The molecule has 0 saturated carbocycles. The standard InChI is InChI=1S/C35H32N3OP/c1-34(2)26-15-5-9-19-30(26)37(31-20-10-6-16-27(31)34)40(39,25-14-13-23-36-24-25)38-32-21-11-7-17-28(32)35(3,4)29-18-8-12-22-33(29)38/h5-24H,1-4H3. The van der Waals surface area contributed by atoms with Gasteiger partial charge in [-0.05, 0) is 58.7 Å². The zero-order valence-corrected chi connectivity index (χ0v) is 24.1. The number of rotatable bonds is 3. The normalized spacial score (nSPS) is 16.4. The average Bonchev–Trinajstić information content (AvgIpc) is 2.98. The highest BCUT2D eigenvalue weighted by atomic mass is 31.2. The van der Waals surface area contributed by atoms with E-state index in [9.17, 15) is 0 Å². The van der Waals surface area contributed by atoms with Crippen molar-refractivity contribution < 1.29 is 4.57 Å². The van der Waals surface area contributed by atoms with E-state index in [4.69, 9.17) is 0 Å². The van der Waals surface area contributed by atoms with E-state index in [1.165, 1.54) is 0 Å². The van der Waals surface area contributed by atoms with Gasteiger partial charge >= 0.3 is 7.44 Å². The first-order valence-corrected chi connectivity index (χ1v) is 15.4. The molecule has 4 nitrogen and oxygen atoms in total. The lowest BCUT2D eigenvalue weighted by Gasteiger charge is -2.51. The minimum absolute atomic E-state index is 0.261. The number of pyridine rings is 1. The maximum absolute atomic E-state index is 16.6. The minimum atomic E-state index is -3.66. The minimum Gasteiger partial charge on any atom is -0.271 e. The largest absolute Gasteiger partial charge is 0.303 e. The van der Waals surface area contributed by atoms with Gasteiger partial charge in [-0.25, -0.2) is 0 Å². The molecule has 0 fully saturated rings. The Balaban J connectivity index is 1.63. The number of nitrogens with zero attached hydrogens (tertiary/aromatic N) is 3. The second kappa shape index (κ2) is 8.68. The summed E-state index contributed by atoms with van der Waals surface area (Å²) >= 11 is 0. The van der Waals surface area contributed by atoms with Crippen LogP contribution in [0.5, 0.6) is 0 Å². The Morgan fingerprint density at radius 3 is 1.20 bits per heavy atom. The van der Waals surface area contributed by atoms with Crippen LogP contribution >= 0.6 is 7.44 Å². The van der Waals surface area contributed by atoms with E-state index in [2.05, 4.69) is 115 Å². The van der Waals surface area contributed by atoms with Crippen LogP contribution in [0.1, 0.15) is 49.9 Å². The summed E-state index contributed by atoms with van der Waals surface area (Å²) in [7, 11) is -3.66. The van der Waals surface area contributed by atoms with E-state index >= 15 is 4.57 Å². The number of fused-ring (bicyclic) bond motifs is 4. The van der Waals surface area contributed by atoms with Crippen LogP contribution in [0.2, 0.25) is 0 Å². The smallest absolute Gasteiger partial charge is 0.271 e. The Morgan fingerprint density at radius 2 is 0.875 bits per heavy atom. The van der Waals surface area contributed by atoms with Crippen LogP contribution in [-0.2, 0) is 15.4 Å². The van der Waals surface area contributed by atoms with Gasteiger partial charge in [-0.3, -0.25) is 18.9 Å². The summed E-state index contributed by atoms with van der Waals surface area (Å²) in [4.78, 5) is 4.50. The van der Waals surface area contributed by atoms with Crippen LogP contribution < -0.4 is 14.6 Å². The second-order valence-electron chi connectivity index (χ2n) is 11.7. The highest BCUT2D eigenvalue weighted by Crippen LogP contribution is 2.69. The van der Waals surface area contributed by atoms with E-state index in [-0.39, 0.29) is 10.8 Å². The third kappa shape index (κ3) is 3.26. The SMILES string of the molecule is CC1(C)c2ccccc2N(P(=O)(c2cccnc2)N2c3ccccc3C(C)(C)c3ccccc32)c2ccccc21. The number of hydrogen-bond acceptors (Lipinski definition) is 2. The number of hydrogen-bond donors (Lipinski definition) is 0. The van der Waals surface area contributed by atoms with Crippen LogP contribution in [0.15, 0.2) is 122 Å². The van der Waals surface area contributed by atoms with Crippen molar-refractivity contribution in [2.24, 2.45) is 0 Å². The molecule has 0 bridgehead atoms. The van der Waals surface area contributed by atoms with Gasteiger partial charge < -0.3 is 0 Å². The second-order valence-corrected chi connectivity index (χ2v) is 14.1. The van der Waals surface area contributed by atoms with Gasteiger partial charge in [-0.1, -0.05) is 100 Å². The van der Waals surface area contributed by atoms with Gasteiger partial charge in [0.1, 0.15) is 0 Å². The summed E-state index contributed by atoms with van der Waals surface area (Å²) in [6.07, 6.45) is 3.52. The number of anilines is 4. The lowest BCUT2D eigenvalue weighted by Crippen LogP contribution is -2.41. The van der Waals surface area contributed by atoms with Gasteiger partial charge in [-0.15, -0.1) is 0 Å². The molecule has 198 valence electrons. The number of benzene rings is 4. The molecule has 0 unspecified atom stereocenters. The van der Waals surface area contributed by atoms with Crippen LogP contribution in [0.25, 0.3) is 0 Å². The topological polar surface area (TPSA) is 36.4 Å². The lowest BCUT2D eigenvalue weighted by atomic mass is 9.74. The molecule has 5 aromatic rings. The molecule has 5 heteroatoms. The third-order valence-corrected chi connectivity index (χ3v) is 11.6. The fraction of sp³-hybridized carbons (Fsp3) is 0.171. The molecule has 40 heavy (non-hydrogen) atoms. The van der Waals surface area contributed by atoms with Gasteiger partial charge in [0.05, 0.1) is 28.1 Å². The Morgan fingerprint density at radius 1 is 0.525 bits per heavy atom. The average molecular weight is 542 g/mol. The zero-order valence-electron chi connectivity index (χ0n) is 23.2. The van der Waals surface area contributed by atoms with Crippen LogP contribution in [0.4, 0.5) is 22.7 Å². The molecule has 0 N–H and O–H groups in total. The number of para-hydroxylation sites is 4. The molecule has 0 amide bonds. The quantitative estimate of drug-likeness (QED) is 0.214. The van der Waals surface area contributed by atoms with E-state index < -0.39 is 7.44 Å². The van der Waals surface area contributed by atoms with E-state index in [0.717, 1.165) is 45.0 Å². The maximum Gasteiger partial charge on any atom is 0.303 e. The van der Waals surface area contributed by atoms with E-state index in [0.29, 0.717) is 5.30 Å². The molecular weight excluding hydrogens is 509 g/mol. The van der Waals surface area contributed by atoms with Crippen LogP contribution in [-0.4, -0.2) is 4.98 Å². The molecule has 2 aliphatic heterocycles. The molecule has 3 heterocycles. The highest BCUT2D eigenvalue weighted by molar-refractivity contribution is 7.75. The first kappa shape index (κ1) is 24.9. The molecule has 0 spiro atoms. The molecular formula is C35H32N3OP. The molecule has 0 saturated heterocycles. The first-order chi connectivity index (χ1) is 19.3. The van der Waals surface area contributed by atoms with Gasteiger partial charge in [0.15, 0.2) is 0 Å². The van der Waals surface area contributed by atoms with Crippen molar-refractivity contribution in [1.29, 1.82) is 0 Å². The molecule has 7 rings (SSSR count). The summed E-state index contributed by atoms with van der Waals surface area (Å²) in [5, 5.41) is 0.684. The fourth-order valence-electron chi connectivity index (χ4n) is 6.73. The van der Waals surface area contributed by atoms with Crippen molar-refractivity contribution in [3.05, 3.63) is 144 Å². The first-order valence-electron chi connectivity index (χ1n) is 13.8. The maximum atomic E-state index is 16.6. The molecule has 0 atom stereocenters. The Labute approximate surface area is 236 Å². The predicted molar refractivity (Wildman–Crippen MR) is 166 cm³/mol. The summed E-state index contributed by atoms with van der Waals surface area (Å²) in [6.45, 7) is 9.02. The van der Waals surface area contributed by atoms with Crippen LogP contribution in [0, 0.1) is 0 Å². The van der Waals surface area contributed by atoms with Crippen molar-refractivity contribution in [3.8, 4) is 0 Å². The summed E-state index contributed by atoms with van der Waals surface area (Å²) in [5.74, 6) is 0. The Bertz CT molecular complexity index is 1600. The molecule has 4 aromatic carbocycles. The third-order valence-electron chi connectivity index (χ3n) is 8.75. The highest BCUT2D eigenvalue weighted by Gasteiger charge is 2.51. The van der Waals surface area contributed by atoms with Gasteiger partial charge in [0.25, 0.3) is 0 Å². The monoisotopic (exact) mass is 541 g/mol. The van der Waals surface area contributed by atoms with Crippen molar-refractivity contribution >= 4 is 35.5 Å². The van der Waals surface area contributed by atoms with E-state index in [1.807, 2.05) is 36.4 Å². The van der Waals surface area contributed by atoms with Gasteiger partial charge in [0, 0.05) is 23.2 Å². The molecule has 0 radical (unpaired) electrons. The summed E-state index contributed by atoms with van der Waals surface area (Å²) in [5.41, 5.74) is 7.90. The number of aromatic nitrogens is 1. The summed E-state index contributed by atoms with van der Waals surface area (Å²) < 4.78 is 20.8. The lowest BCUT2D eigenvalue weighted by molar-refractivity contribution is 0.575. The van der Waals surface area contributed by atoms with Crippen LogP contribution in [0.3, 0.4) is 0 Å². The van der Waals surface area contributed by atoms with E-state index in [1.54, 1.807) is 12.4 Å². The van der Waals surface area contributed by atoms with Crippen molar-refractivity contribution in [1.82, 2.24) is 4.98 Å². The van der Waals surface area contributed by atoms with Crippen molar-refractivity contribution in [3.63, 3.8) is 0 Å². The Kier molecular flexibility index (Phi) is 5.40. The van der Waals surface area contributed by atoms with Crippen molar-refractivity contribution in [2.75, 3.05) is 9.34 Å². The summed E-state index contributed by atoms with van der Waals surface area (Å²) in [6, 6.07) is 37.5. The molecule has 1 aromatic heterocycles. The fourth-order valence-corrected chi connectivity index (χ4v) is 9.73. The van der Waals surface area contributed by atoms with Gasteiger partial charge in [-0.2, -0.15) is 0 Å². The molecule has 2 aliphatic rings. The zero-order chi connectivity index (χ0) is 27.7.